The van der Waals surface area contributed by atoms with Crippen molar-refractivity contribution >= 4 is 16.0 Å². The van der Waals surface area contributed by atoms with Gasteiger partial charge < -0.3 is 4.74 Å². The molecule has 1 atom stereocenters. The van der Waals surface area contributed by atoms with Crippen molar-refractivity contribution in [3.63, 3.8) is 0 Å². The summed E-state index contributed by atoms with van der Waals surface area (Å²) in [6, 6.07) is 16.0. The van der Waals surface area contributed by atoms with Crippen LogP contribution < -0.4 is 0 Å². The first-order valence-electron chi connectivity index (χ1n) is 6.85. The standard InChI is InChI=1S/C16H15NO4S/c18-22(19,20)15-9-5-4-8-14(15)16-17-13(11-21-16)10-12-6-2-1-3-7-12/h1-9,13H,10-11H2,(H,18,19,20). The van der Waals surface area contributed by atoms with Gasteiger partial charge in [0.25, 0.3) is 10.1 Å². The molecule has 0 radical (unpaired) electrons. The summed E-state index contributed by atoms with van der Waals surface area (Å²) >= 11 is 0. The number of aliphatic imine (C=N–C) groups is 1. The van der Waals surface area contributed by atoms with Crippen molar-refractivity contribution in [1.29, 1.82) is 0 Å². The van der Waals surface area contributed by atoms with Crippen molar-refractivity contribution in [3.8, 4) is 0 Å². The van der Waals surface area contributed by atoms with Crippen molar-refractivity contribution in [2.45, 2.75) is 17.4 Å². The molecular weight excluding hydrogens is 302 g/mol. The highest BCUT2D eigenvalue weighted by molar-refractivity contribution is 7.86. The normalized spacial score (nSPS) is 17.9. The van der Waals surface area contributed by atoms with Crippen molar-refractivity contribution in [2.75, 3.05) is 6.61 Å². The Morgan fingerprint density at radius 1 is 1.09 bits per heavy atom. The second-order valence-corrected chi connectivity index (χ2v) is 6.45. The molecule has 1 unspecified atom stereocenters. The largest absolute Gasteiger partial charge is 0.475 e. The van der Waals surface area contributed by atoms with Crippen LogP contribution in [0.1, 0.15) is 11.1 Å². The minimum Gasteiger partial charge on any atom is -0.475 e. The van der Waals surface area contributed by atoms with E-state index in [4.69, 9.17) is 4.74 Å². The lowest BCUT2D eigenvalue weighted by Gasteiger charge is -2.05. The van der Waals surface area contributed by atoms with E-state index in [0.717, 1.165) is 12.0 Å². The third kappa shape index (κ3) is 3.18. The molecule has 1 aliphatic rings. The highest BCUT2D eigenvalue weighted by Crippen LogP contribution is 2.21. The summed E-state index contributed by atoms with van der Waals surface area (Å²) < 4.78 is 37.7. The lowest BCUT2D eigenvalue weighted by Crippen LogP contribution is -2.10. The van der Waals surface area contributed by atoms with Crippen molar-refractivity contribution < 1.29 is 17.7 Å². The minimum atomic E-state index is -4.31. The monoisotopic (exact) mass is 317 g/mol. The minimum absolute atomic E-state index is 0.0631. The van der Waals surface area contributed by atoms with Crippen LogP contribution in [0.5, 0.6) is 0 Å². The van der Waals surface area contributed by atoms with Crippen LogP contribution in [-0.4, -0.2) is 31.5 Å². The van der Waals surface area contributed by atoms with Crippen LogP contribution in [0.2, 0.25) is 0 Å². The molecule has 2 aromatic carbocycles. The lowest BCUT2D eigenvalue weighted by atomic mass is 10.1. The zero-order valence-corrected chi connectivity index (χ0v) is 12.5. The number of benzene rings is 2. The molecule has 3 rings (SSSR count). The molecule has 1 aliphatic heterocycles. The van der Waals surface area contributed by atoms with Gasteiger partial charge in [0.05, 0.1) is 11.6 Å². The summed E-state index contributed by atoms with van der Waals surface area (Å²) in [5, 5.41) is 0. The Morgan fingerprint density at radius 3 is 2.50 bits per heavy atom. The fourth-order valence-electron chi connectivity index (χ4n) is 2.42. The van der Waals surface area contributed by atoms with E-state index in [9.17, 15) is 13.0 Å². The summed E-state index contributed by atoms with van der Waals surface area (Å²) in [6.07, 6.45) is 0.721. The Labute approximate surface area is 129 Å². The summed E-state index contributed by atoms with van der Waals surface area (Å²) in [7, 11) is -4.31. The predicted molar refractivity (Wildman–Crippen MR) is 82.7 cm³/mol. The van der Waals surface area contributed by atoms with E-state index in [1.54, 1.807) is 18.2 Å². The van der Waals surface area contributed by atoms with Gasteiger partial charge in [0.15, 0.2) is 0 Å². The molecule has 22 heavy (non-hydrogen) atoms. The molecule has 0 spiro atoms. The molecule has 0 aliphatic carbocycles. The fraction of sp³-hybridized carbons (Fsp3) is 0.188. The maximum absolute atomic E-state index is 11.4. The molecule has 1 N–H and O–H groups in total. The van der Waals surface area contributed by atoms with Gasteiger partial charge in [-0.3, -0.25) is 4.55 Å². The summed E-state index contributed by atoms with van der Waals surface area (Å²) in [5.74, 6) is 0.258. The summed E-state index contributed by atoms with van der Waals surface area (Å²) in [4.78, 5) is 4.26. The topological polar surface area (TPSA) is 76.0 Å². The van der Waals surface area contributed by atoms with Gasteiger partial charge in [-0.1, -0.05) is 42.5 Å². The molecule has 0 aromatic heterocycles. The van der Waals surface area contributed by atoms with Crippen LogP contribution >= 0.6 is 0 Å². The highest BCUT2D eigenvalue weighted by atomic mass is 32.2. The second-order valence-electron chi connectivity index (χ2n) is 5.06. The highest BCUT2D eigenvalue weighted by Gasteiger charge is 2.25. The first-order chi connectivity index (χ1) is 10.5. The van der Waals surface area contributed by atoms with Gasteiger partial charge >= 0.3 is 0 Å². The van der Waals surface area contributed by atoms with Crippen LogP contribution in [0.4, 0.5) is 0 Å². The maximum atomic E-state index is 11.4. The molecule has 0 fully saturated rings. The molecule has 5 nitrogen and oxygen atoms in total. The van der Waals surface area contributed by atoms with Gasteiger partial charge in [-0.15, -0.1) is 0 Å². The quantitative estimate of drug-likeness (QED) is 0.878. The van der Waals surface area contributed by atoms with Gasteiger partial charge in [-0.2, -0.15) is 8.42 Å². The SMILES string of the molecule is O=S(=O)(O)c1ccccc1C1=NC(Cc2ccccc2)CO1. The number of rotatable bonds is 4. The van der Waals surface area contributed by atoms with Crippen molar-refractivity contribution in [3.05, 3.63) is 65.7 Å². The smallest absolute Gasteiger partial charge is 0.295 e. The van der Waals surface area contributed by atoms with Crippen molar-refractivity contribution in [1.82, 2.24) is 0 Å². The Balaban J connectivity index is 1.87. The van der Waals surface area contributed by atoms with E-state index in [1.165, 1.54) is 6.07 Å². The van der Waals surface area contributed by atoms with E-state index in [1.807, 2.05) is 30.3 Å². The molecule has 1 heterocycles. The zero-order chi connectivity index (χ0) is 15.6. The molecule has 6 heteroatoms. The van der Waals surface area contributed by atoms with Gasteiger partial charge in [0, 0.05) is 0 Å². The van der Waals surface area contributed by atoms with Gasteiger partial charge in [-0.05, 0) is 24.1 Å². The third-order valence-electron chi connectivity index (χ3n) is 3.42. The number of ether oxygens (including phenoxy) is 1. The molecule has 0 bridgehead atoms. The molecule has 2 aromatic rings. The Kier molecular flexibility index (Phi) is 3.96. The van der Waals surface area contributed by atoms with Crippen molar-refractivity contribution in [2.24, 2.45) is 4.99 Å². The summed E-state index contributed by atoms with van der Waals surface area (Å²) in [5.41, 5.74) is 1.43. The first-order valence-corrected chi connectivity index (χ1v) is 8.29. The third-order valence-corrected chi connectivity index (χ3v) is 4.33. The molecule has 114 valence electrons. The fourth-order valence-corrected chi connectivity index (χ4v) is 3.11. The van der Waals surface area contributed by atoms with Gasteiger partial charge in [0.1, 0.15) is 11.5 Å². The second kappa shape index (κ2) is 5.90. The Bertz CT molecular complexity index is 800. The first kappa shape index (κ1) is 14.7. The molecule has 0 saturated carbocycles. The van der Waals surface area contributed by atoms with Crippen LogP contribution in [0.3, 0.4) is 0 Å². The average Bonchev–Trinajstić information content (AvgIpc) is 2.96. The van der Waals surface area contributed by atoms with E-state index in [0.29, 0.717) is 12.2 Å². The van der Waals surface area contributed by atoms with Gasteiger partial charge in [-0.25, -0.2) is 4.99 Å². The maximum Gasteiger partial charge on any atom is 0.295 e. The van der Waals surface area contributed by atoms with E-state index in [2.05, 4.69) is 4.99 Å². The lowest BCUT2D eigenvalue weighted by molar-refractivity contribution is 0.316. The van der Waals surface area contributed by atoms with Crippen LogP contribution in [0.25, 0.3) is 0 Å². The van der Waals surface area contributed by atoms with E-state index in [-0.39, 0.29) is 16.8 Å². The number of hydrogen-bond acceptors (Lipinski definition) is 4. The predicted octanol–water partition coefficient (Wildman–Crippen LogP) is 2.32. The average molecular weight is 317 g/mol. The Morgan fingerprint density at radius 2 is 1.77 bits per heavy atom. The van der Waals surface area contributed by atoms with Crippen LogP contribution in [0.15, 0.2) is 64.5 Å². The van der Waals surface area contributed by atoms with E-state index >= 15 is 0 Å². The number of nitrogens with zero attached hydrogens (tertiary/aromatic N) is 1. The molecular formula is C16H15NO4S. The number of hydrogen-bond donors (Lipinski definition) is 1. The molecule has 0 saturated heterocycles. The Hall–Kier alpha value is -2.18. The van der Waals surface area contributed by atoms with E-state index < -0.39 is 10.1 Å². The van der Waals surface area contributed by atoms with Gasteiger partial charge in [0.2, 0.25) is 5.90 Å². The van der Waals surface area contributed by atoms with Crippen LogP contribution in [0, 0.1) is 0 Å². The zero-order valence-electron chi connectivity index (χ0n) is 11.7. The molecule has 0 amide bonds. The van der Waals surface area contributed by atoms with Crippen LogP contribution in [-0.2, 0) is 21.3 Å². The summed E-state index contributed by atoms with van der Waals surface area (Å²) in [6.45, 7) is 0.393.